The summed E-state index contributed by atoms with van der Waals surface area (Å²) >= 11 is 0. The van der Waals surface area contributed by atoms with Gasteiger partial charge in [-0.25, -0.2) is 0 Å². The van der Waals surface area contributed by atoms with Crippen LogP contribution in [0.25, 0.3) is 82.5 Å². The van der Waals surface area contributed by atoms with Gasteiger partial charge in [0.05, 0.1) is 16.7 Å². The quantitative estimate of drug-likeness (QED) is 0.240. The van der Waals surface area contributed by atoms with E-state index in [4.69, 9.17) is 4.42 Å². The van der Waals surface area contributed by atoms with E-state index < -0.39 is 0 Å². The molecule has 0 N–H and O–H groups in total. The lowest BCUT2D eigenvalue weighted by Gasteiger charge is -2.13. The van der Waals surface area contributed by atoms with Gasteiger partial charge in [-0.2, -0.15) is 0 Å². The maximum atomic E-state index is 6.25. The number of nitrogens with zero attached hydrogens (tertiary/aromatic N) is 1. The number of furan rings is 1. The van der Waals surface area contributed by atoms with Crippen molar-refractivity contribution in [1.82, 2.24) is 4.57 Å². The highest BCUT2D eigenvalue weighted by atomic mass is 16.3. The first-order valence-corrected chi connectivity index (χ1v) is 12.4. The highest BCUT2D eigenvalue weighted by molar-refractivity contribution is 6.26. The summed E-state index contributed by atoms with van der Waals surface area (Å²) in [7, 11) is 0. The Bertz CT molecular complexity index is 2160. The maximum Gasteiger partial charge on any atom is 0.136 e. The number of para-hydroxylation sites is 3. The summed E-state index contributed by atoms with van der Waals surface area (Å²) in [5.74, 6) is 0. The molecule has 0 unspecified atom stereocenters. The fraction of sp³-hybridized carbons (Fsp3) is 0. The summed E-state index contributed by atoms with van der Waals surface area (Å²) < 4.78 is 8.68. The molecule has 0 amide bonds. The molecule has 1 aliphatic rings. The highest BCUT2D eigenvalue weighted by Crippen LogP contribution is 2.53. The molecule has 0 saturated heterocycles. The molecule has 2 nitrogen and oxygen atoms in total. The van der Waals surface area contributed by atoms with Gasteiger partial charge in [0.25, 0.3) is 0 Å². The largest absolute Gasteiger partial charge is 0.456 e. The Morgan fingerprint density at radius 1 is 0.417 bits per heavy atom. The van der Waals surface area contributed by atoms with Crippen molar-refractivity contribution in [3.8, 4) is 27.9 Å². The van der Waals surface area contributed by atoms with Crippen LogP contribution in [-0.4, -0.2) is 4.57 Å². The number of fused-ring (bicyclic) bond motifs is 10. The molecule has 0 aliphatic heterocycles. The van der Waals surface area contributed by atoms with Crippen LogP contribution in [0.4, 0.5) is 0 Å². The lowest BCUT2D eigenvalue weighted by atomic mass is 9.98. The van der Waals surface area contributed by atoms with E-state index in [2.05, 4.69) is 114 Å². The summed E-state index contributed by atoms with van der Waals surface area (Å²) in [4.78, 5) is 0. The Balaban J connectivity index is 1.44. The van der Waals surface area contributed by atoms with Crippen LogP contribution >= 0.6 is 0 Å². The molecule has 2 heteroatoms. The summed E-state index contributed by atoms with van der Waals surface area (Å²) in [5, 5.41) is 7.55. The average molecular weight is 458 g/mol. The van der Waals surface area contributed by atoms with E-state index in [1.54, 1.807) is 0 Å². The van der Waals surface area contributed by atoms with Gasteiger partial charge in [-0.05, 0) is 58.5 Å². The predicted octanol–water partition coefficient (Wildman–Crippen LogP) is 9.48. The summed E-state index contributed by atoms with van der Waals surface area (Å²) in [6.45, 7) is 0. The second-order valence-corrected chi connectivity index (χ2v) is 9.69. The first-order chi connectivity index (χ1) is 17.9. The summed E-state index contributed by atoms with van der Waals surface area (Å²) in [6, 6.07) is 41.5. The van der Waals surface area contributed by atoms with Gasteiger partial charge >= 0.3 is 0 Å². The molecule has 0 spiro atoms. The lowest BCUT2D eigenvalue weighted by Crippen LogP contribution is -1.95. The van der Waals surface area contributed by atoms with Gasteiger partial charge in [-0.3, -0.25) is 0 Å². The molecule has 0 atom stereocenters. The van der Waals surface area contributed by atoms with Crippen LogP contribution in [0.15, 0.2) is 120 Å². The smallest absolute Gasteiger partial charge is 0.136 e. The fourth-order valence-corrected chi connectivity index (χ4v) is 6.52. The molecule has 166 valence electrons. The molecule has 0 fully saturated rings. The van der Waals surface area contributed by atoms with Crippen molar-refractivity contribution in [1.29, 1.82) is 0 Å². The third-order valence-electron chi connectivity index (χ3n) is 7.94. The number of benzene rings is 6. The molecule has 8 aromatic rings. The van der Waals surface area contributed by atoms with E-state index in [-0.39, 0.29) is 0 Å². The molecule has 0 radical (unpaired) electrons. The van der Waals surface area contributed by atoms with Gasteiger partial charge in [0.15, 0.2) is 0 Å². The molecule has 0 saturated carbocycles. The van der Waals surface area contributed by atoms with E-state index in [1.165, 1.54) is 71.3 Å². The minimum absolute atomic E-state index is 0.940. The summed E-state index contributed by atoms with van der Waals surface area (Å²) in [6.07, 6.45) is 0. The zero-order valence-corrected chi connectivity index (χ0v) is 19.3. The van der Waals surface area contributed by atoms with Gasteiger partial charge in [0.2, 0.25) is 0 Å². The molecule has 9 rings (SSSR count). The van der Waals surface area contributed by atoms with Crippen molar-refractivity contribution < 1.29 is 4.42 Å². The van der Waals surface area contributed by atoms with Crippen molar-refractivity contribution in [2.75, 3.05) is 0 Å². The zero-order chi connectivity index (χ0) is 23.4. The van der Waals surface area contributed by atoms with Gasteiger partial charge in [0.1, 0.15) is 11.2 Å². The normalized spacial score (nSPS) is 12.4. The van der Waals surface area contributed by atoms with Crippen molar-refractivity contribution in [2.24, 2.45) is 0 Å². The third kappa shape index (κ3) is 2.14. The Morgan fingerprint density at radius 2 is 1.08 bits per heavy atom. The van der Waals surface area contributed by atoms with E-state index in [0.717, 1.165) is 11.2 Å². The van der Waals surface area contributed by atoms with E-state index in [9.17, 15) is 0 Å². The molecule has 2 heterocycles. The predicted molar refractivity (Wildman–Crippen MR) is 150 cm³/mol. The van der Waals surface area contributed by atoms with E-state index in [0.29, 0.717) is 0 Å². The minimum atomic E-state index is 0.940. The topological polar surface area (TPSA) is 18.1 Å². The van der Waals surface area contributed by atoms with Gasteiger partial charge in [-0.15, -0.1) is 0 Å². The van der Waals surface area contributed by atoms with Gasteiger partial charge < -0.3 is 8.98 Å². The lowest BCUT2D eigenvalue weighted by molar-refractivity contribution is 0.669. The zero-order valence-electron chi connectivity index (χ0n) is 19.3. The van der Waals surface area contributed by atoms with Gasteiger partial charge in [-0.1, -0.05) is 78.9 Å². The Hall–Kier alpha value is -4.82. The second-order valence-electron chi connectivity index (χ2n) is 9.69. The van der Waals surface area contributed by atoms with Crippen LogP contribution in [0.3, 0.4) is 0 Å². The average Bonchev–Trinajstić information content (AvgIpc) is 3.58. The van der Waals surface area contributed by atoms with E-state index >= 15 is 0 Å². The monoisotopic (exact) mass is 457 g/mol. The minimum Gasteiger partial charge on any atom is -0.456 e. The molecule has 36 heavy (non-hydrogen) atoms. The van der Waals surface area contributed by atoms with Crippen LogP contribution in [0.1, 0.15) is 0 Å². The SMILES string of the molecule is c1ccc2c(c1)oc1ccc3c(c12)-c1ccc(-n2c4ccccc4c4ccccc42)c2cccc-3c12. The third-order valence-corrected chi connectivity index (χ3v) is 7.94. The van der Waals surface area contributed by atoms with Crippen molar-refractivity contribution in [2.45, 2.75) is 0 Å². The van der Waals surface area contributed by atoms with Gasteiger partial charge in [0, 0.05) is 32.5 Å². The van der Waals surface area contributed by atoms with Crippen molar-refractivity contribution >= 4 is 54.5 Å². The molecule has 2 aromatic heterocycles. The highest BCUT2D eigenvalue weighted by Gasteiger charge is 2.27. The molecule has 6 aromatic carbocycles. The van der Waals surface area contributed by atoms with E-state index in [1.807, 2.05) is 6.07 Å². The first-order valence-electron chi connectivity index (χ1n) is 12.4. The molecular formula is C34H19NO. The number of hydrogen-bond donors (Lipinski definition) is 0. The fourth-order valence-electron chi connectivity index (χ4n) is 6.52. The van der Waals surface area contributed by atoms with Crippen LogP contribution in [-0.2, 0) is 0 Å². The van der Waals surface area contributed by atoms with Crippen LogP contribution in [0.2, 0.25) is 0 Å². The number of aromatic nitrogens is 1. The Labute approximate surface area is 206 Å². The summed E-state index contributed by atoms with van der Waals surface area (Å²) in [5.41, 5.74) is 10.7. The molecular weight excluding hydrogens is 438 g/mol. The molecule has 1 aliphatic carbocycles. The van der Waals surface area contributed by atoms with Crippen molar-refractivity contribution in [3.63, 3.8) is 0 Å². The number of rotatable bonds is 1. The maximum absolute atomic E-state index is 6.25. The van der Waals surface area contributed by atoms with Crippen LogP contribution in [0.5, 0.6) is 0 Å². The second kappa shape index (κ2) is 6.44. The Morgan fingerprint density at radius 3 is 1.89 bits per heavy atom. The standard InChI is InChI=1S/C34H19NO/c1-4-13-27-20(8-1)21-9-2-5-14-28(21)35(27)29-18-16-26-32-22(11-7-12-24(29)32)23-17-19-31-34(33(23)26)25-10-3-6-15-30(25)36-31/h1-19H. The Kier molecular flexibility index (Phi) is 3.31. The first kappa shape index (κ1) is 18.5. The van der Waals surface area contributed by atoms with Crippen molar-refractivity contribution in [3.05, 3.63) is 115 Å². The van der Waals surface area contributed by atoms with Crippen LogP contribution < -0.4 is 0 Å². The van der Waals surface area contributed by atoms with Crippen LogP contribution in [0, 0.1) is 0 Å². The number of hydrogen-bond acceptors (Lipinski definition) is 1. The molecule has 0 bridgehead atoms.